The summed E-state index contributed by atoms with van der Waals surface area (Å²) in [7, 11) is 0. The van der Waals surface area contributed by atoms with Crippen molar-refractivity contribution in [3.8, 4) is 0 Å². The van der Waals surface area contributed by atoms with Gasteiger partial charge < -0.3 is 47.8 Å². The number of nitrogens with zero attached hydrogens (tertiary/aromatic N) is 2. The van der Waals surface area contributed by atoms with E-state index < -0.39 is 47.9 Å². The van der Waals surface area contributed by atoms with Crippen LogP contribution in [0.3, 0.4) is 0 Å². The highest BCUT2D eigenvalue weighted by molar-refractivity contribution is 5.95. The number of hydrogen-bond donors (Lipinski definition) is 8. The first kappa shape index (κ1) is 33.0. The van der Waals surface area contributed by atoms with Crippen LogP contribution in [0.1, 0.15) is 36.8 Å². The number of fused-ring (bicyclic) bond motifs is 2. The molecular formula is C33H41N9O5. The molecule has 0 bridgehead atoms. The molecule has 14 nitrogen and oxygen atoms in total. The van der Waals surface area contributed by atoms with Gasteiger partial charge in [-0.1, -0.05) is 36.4 Å². The number of aromatic nitrogens is 2. The van der Waals surface area contributed by atoms with E-state index in [4.69, 9.17) is 17.2 Å². The van der Waals surface area contributed by atoms with Crippen molar-refractivity contribution in [3.63, 3.8) is 0 Å². The SMILES string of the molecule is NC(N)=NCCCC(NC(=O)C(Cc1c[nH]c2ccccc12)NC(=O)C(N)Cc1c[nH]c2ccccc12)C(=O)N1CCCC1C(=O)O. The third-order valence-electron chi connectivity index (χ3n) is 8.56. The van der Waals surface area contributed by atoms with Crippen LogP contribution in [0.25, 0.3) is 21.8 Å². The minimum atomic E-state index is -1.10. The van der Waals surface area contributed by atoms with Crippen LogP contribution in [0.5, 0.6) is 0 Å². The molecule has 4 unspecified atom stereocenters. The van der Waals surface area contributed by atoms with Gasteiger partial charge in [-0.15, -0.1) is 0 Å². The summed E-state index contributed by atoms with van der Waals surface area (Å²) in [5, 5.41) is 17.2. The zero-order chi connectivity index (χ0) is 33.5. The van der Waals surface area contributed by atoms with Gasteiger partial charge in [0.25, 0.3) is 0 Å². The number of guanidine groups is 1. The first-order valence-corrected chi connectivity index (χ1v) is 15.7. The van der Waals surface area contributed by atoms with E-state index in [9.17, 15) is 24.3 Å². The molecule has 3 heterocycles. The van der Waals surface area contributed by atoms with Crippen molar-refractivity contribution in [1.29, 1.82) is 0 Å². The Morgan fingerprint density at radius 3 is 2.11 bits per heavy atom. The van der Waals surface area contributed by atoms with Crippen LogP contribution in [0.4, 0.5) is 0 Å². The number of para-hydroxylation sites is 2. The van der Waals surface area contributed by atoms with Crippen molar-refractivity contribution >= 4 is 51.5 Å². The molecule has 0 spiro atoms. The summed E-state index contributed by atoms with van der Waals surface area (Å²) >= 11 is 0. The lowest BCUT2D eigenvalue weighted by atomic mass is 10.0. The van der Waals surface area contributed by atoms with Crippen molar-refractivity contribution < 1.29 is 24.3 Å². The Kier molecular flexibility index (Phi) is 10.4. The average molecular weight is 644 g/mol. The fourth-order valence-electron chi connectivity index (χ4n) is 6.16. The first-order valence-electron chi connectivity index (χ1n) is 15.7. The third kappa shape index (κ3) is 7.90. The van der Waals surface area contributed by atoms with Crippen molar-refractivity contribution in [1.82, 2.24) is 25.5 Å². The Balaban J connectivity index is 1.37. The zero-order valence-corrected chi connectivity index (χ0v) is 25.9. The molecule has 3 amide bonds. The maximum atomic E-state index is 14.0. The van der Waals surface area contributed by atoms with Gasteiger partial charge in [-0.3, -0.25) is 19.4 Å². The van der Waals surface area contributed by atoms with E-state index in [-0.39, 0.29) is 38.3 Å². The van der Waals surface area contributed by atoms with Crippen LogP contribution in [-0.4, -0.2) is 86.9 Å². The molecule has 11 N–H and O–H groups in total. The Morgan fingerprint density at radius 1 is 0.894 bits per heavy atom. The lowest BCUT2D eigenvalue weighted by Gasteiger charge is -2.29. The molecule has 4 atom stereocenters. The first-order chi connectivity index (χ1) is 22.6. The molecule has 0 radical (unpaired) electrons. The minimum Gasteiger partial charge on any atom is -0.480 e. The van der Waals surface area contributed by atoms with Gasteiger partial charge in [0, 0.05) is 53.7 Å². The number of carboxylic acid groups (broad SMARTS) is 1. The number of likely N-dealkylation sites (tertiary alicyclic amines) is 1. The lowest BCUT2D eigenvalue weighted by molar-refractivity contribution is -0.149. The molecule has 14 heteroatoms. The topological polar surface area (TPSA) is 238 Å². The fraction of sp³-hybridized carbons (Fsp3) is 0.364. The van der Waals surface area contributed by atoms with Crippen LogP contribution in [0.2, 0.25) is 0 Å². The molecule has 0 saturated carbocycles. The number of nitrogens with two attached hydrogens (primary N) is 3. The maximum absolute atomic E-state index is 14.0. The van der Waals surface area contributed by atoms with Gasteiger partial charge in [-0.2, -0.15) is 0 Å². The molecule has 5 rings (SSSR count). The Labute approximate surface area is 271 Å². The predicted molar refractivity (Wildman–Crippen MR) is 178 cm³/mol. The van der Waals surface area contributed by atoms with Gasteiger partial charge in [0.05, 0.1) is 6.04 Å². The summed E-state index contributed by atoms with van der Waals surface area (Å²) in [6.45, 7) is 0.469. The number of hydrogen-bond acceptors (Lipinski definition) is 6. The Bertz CT molecular complexity index is 1780. The van der Waals surface area contributed by atoms with Gasteiger partial charge in [0.15, 0.2) is 5.96 Å². The van der Waals surface area contributed by atoms with Gasteiger partial charge >= 0.3 is 5.97 Å². The maximum Gasteiger partial charge on any atom is 0.326 e. The van der Waals surface area contributed by atoms with E-state index in [1.807, 2.05) is 54.7 Å². The largest absolute Gasteiger partial charge is 0.480 e. The molecule has 2 aromatic heterocycles. The van der Waals surface area contributed by atoms with Gasteiger partial charge in [-0.25, -0.2) is 4.79 Å². The number of benzene rings is 2. The summed E-state index contributed by atoms with van der Waals surface area (Å²) in [6, 6.07) is 11.2. The van der Waals surface area contributed by atoms with Crippen molar-refractivity contribution in [3.05, 3.63) is 72.1 Å². The number of nitrogens with one attached hydrogen (secondary N) is 4. The van der Waals surface area contributed by atoms with E-state index in [0.29, 0.717) is 19.3 Å². The predicted octanol–water partition coefficient (Wildman–Crippen LogP) is 0.861. The minimum absolute atomic E-state index is 0.104. The molecule has 47 heavy (non-hydrogen) atoms. The molecule has 248 valence electrons. The number of H-pyrrole nitrogens is 2. The molecule has 4 aromatic rings. The second kappa shape index (κ2) is 14.8. The van der Waals surface area contributed by atoms with Crippen LogP contribution >= 0.6 is 0 Å². The summed E-state index contributed by atoms with van der Waals surface area (Å²) < 4.78 is 0. The molecule has 1 saturated heterocycles. The Morgan fingerprint density at radius 2 is 1.49 bits per heavy atom. The molecule has 1 aliphatic heterocycles. The zero-order valence-electron chi connectivity index (χ0n) is 25.9. The number of amides is 3. The number of rotatable bonds is 14. The van der Waals surface area contributed by atoms with Crippen LogP contribution in [0, 0.1) is 0 Å². The number of aliphatic imine (C=N–C) groups is 1. The van der Waals surface area contributed by atoms with Gasteiger partial charge in [0.1, 0.15) is 18.1 Å². The monoisotopic (exact) mass is 643 g/mol. The summed E-state index contributed by atoms with van der Waals surface area (Å²) in [4.78, 5) is 64.7. The van der Waals surface area contributed by atoms with Crippen molar-refractivity contribution in [2.45, 2.75) is 62.7 Å². The second-order valence-electron chi connectivity index (χ2n) is 11.8. The second-order valence-corrected chi connectivity index (χ2v) is 11.8. The van der Waals surface area contributed by atoms with E-state index in [0.717, 1.165) is 32.9 Å². The van der Waals surface area contributed by atoms with Gasteiger partial charge in [0.2, 0.25) is 17.7 Å². The molecule has 1 fully saturated rings. The van der Waals surface area contributed by atoms with E-state index in [1.54, 1.807) is 6.20 Å². The summed E-state index contributed by atoms with van der Waals surface area (Å²) in [6.07, 6.45) is 5.28. The third-order valence-corrected chi connectivity index (χ3v) is 8.56. The van der Waals surface area contributed by atoms with E-state index in [1.165, 1.54) is 4.90 Å². The molecule has 2 aromatic carbocycles. The number of carboxylic acids is 1. The fourth-order valence-corrected chi connectivity index (χ4v) is 6.16. The lowest BCUT2D eigenvalue weighted by Crippen LogP contribution is -2.57. The van der Waals surface area contributed by atoms with Crippen LogP contribution in [-0.2, 0) is 32.0 Å². The number of aromatic amines is 2. The Hall–Kier alpha value is -5.37. The van der Waals surface area contributed by atoms with Crippen LogP contribution in [0.15, 0.2) is 65.9 Å². The van der Waals surface area contributed by atoms with Gasteiger partial charge in [-0.05, 0) is 55.4 Å². The summed E-state index contributed by atoms with van der Waals surface area (Å²) in [5.41, 5.74) is 20.7. The summed E-state index contributed by atoms with van der Waals surface area (Å²) in [5.74, 6) is -2.85. The number of carbonyl (C=O) groups is 4. The quantitative estimate of drug-likeness (QED) is 0.0556. The average Bonchev–Trinajstić information content (AvgIpc) is 3.81. The molecule has 0 aliphatic carbocycles. The highest BCUT2D eigenvalue weighted by Crippen LogP contribution is 2.22. The highest BCUT2D eigenvalue weighted by atomic mass is 16.4. The van der Waals surface area contributed by atoms with E-state index >= 15 is 0 Å². The number of carbonyl (C=O) groups excluding carboxylic acids is 3. The standard InChI is InChI=1S/C33H41N9O5/c34-23(15-19-17-38-24-9-3-1-7-21(19)24)29(43)41-27(16-20-18-39-25-10-4-2-8-22(20)25)30(44)40-26(11-5-13-37-33(35)36)31(45)42-14-6-12-28(42)32(46)47/h1-4,7-10,17-18,23,26-28,38-39H,5-6,11-16,34H2,(H,40,44)(H,41,43)(H,46,47)(H4,35,36,37). The van der Waals surface area contributed by atoms with Crippen molar-refractivity contribution in [2.24, 2.45) is 22.2 Å². The smallest absolute Gasteiger partial charge is 0.326 e. The highest BCUT2D eigenvalue weighted by Gasteiger charge is 2.38. The molecule has 1 aliphatic rings. The van der Waals surface area contributed by atoms with E-state index in [2.05, 4.69) is 25.6 Å². The number of aliphatic carboxylic acids is 1. The normalized spacial score (nSPS) is 16.4. The molecular weight excluding hydrogens is 602 g/mol. The van der Waals surface area contributed by atoms with Crippen LogP contribution < -0.4 is 27.8 Å². The van der Waals surface area contributed by atoms with Crippen molar-refractivity contribution in [2.75, 3.05) is 13.1 Å².